The summed E-state index contributed by atoms with van der Waals surface area (Å²) in [6.07, 6.45) is 4.69. The Hall–Kier alpha value is -2.86. The predicted molar refractivity (Wildman–Crippen MR) is 124 cm³/mol. The molecule has 4 rings (SSSR count). The van der Waals surface area contributed by atoms with Gasteiger partial charge in [-0.05, 0) is 61.1 Å². The monoisotopic (exact) mass is 422 g/mol. The minimum absolute atomic E-state index is 0.160. The third-order valence-corrected chi connectivity index (χ3v) is 6.31. The number of nitrogens with one attached hydrogen (secondary N) is 3. The number of H-pyrrole nitrogens is 1. The number of ether oxygens (including phenoxy) is 1. The molecule has 1 aromatic heterocycles. The highest BCUT2D eigenvalue weighted by molar-refractivity contribution is 5.84. The van der Waals surface area contributed by atoms with Crippen molar-refractivity contribution in [2.45, 2.75) is 31.6 Å². The third kappa shape index (κ3) is 4.90. The van der Waals surface area contributed by atoms with Crippen LogP contribution in [0.15, 0.2) is 53.7 Å². The summed E-state index contributed by atoms with van der Waals surface area (Å²) in [6, 6.07) is 13.5. The van der Waals surface area contributed by atoms with Gasteiger partial charge in [-0.25, -0.2) is 4.39 Å². The van der Waals surface area contributed by atoms with E-state index in [4.69, 9.17) is 4.74 Å². The van der Waals surface area contributed by atoms with E-state index in [1.54, 1.807) is 19.2 Å². The van der Waals surface area contributed by atoms with Crippen molar-refractivity contribution in [2.75, 3.05) is 33.4 Å². The molecule has 0 aliphatic carbocycles. The molecule has 0 saturated carbocycles. The van der Waals surface area contributed by atoms with Crippen molar-refractivity contribution in [3.8, 4) is 0 Å². The second-order valence-corrected chi connectivity index (χ2v) is 8.37. The predicted octanol–water partition coefficient (Wildman–Crippen LogP) is 4.07. The van der Waals surface area contributed by atoms with Crippen LogP contribution >= 0.6 is 0 Å². The van der Waals surface area contributed by atoms with Gasteiger partial charge in [0.15, 0.2) is 5.96 Å². The highest BCUT2D eigenvalue weighted by atomic mass is 19.1. The van der Waals surface area contributed by atoms with E-state index < -0.39 is 0 Å². The number of hydrogen-bond donors (Lipinski definition) is 3. The van der Waals surface area contributed by atoms with Gasteiger partial charge in [0.25, 0.3) is 0 Å². The van der Waals surface area contributed by atoms with Gasteiger partial charge in [0, 0.05) is 55.9 Å². The van der Waals surface area contributed by atoms with E-state index in [2.05, 4.69) is 51.9 Å². The molecule has 2 heterocycles. The lowest BCUT2D eigenvalue weighted by Crippen LogP contribution is -2.48. The maximum absolute atomic E-state index is 13.9. The SMILES string of the molecule is CN=C(NCCc1c[nH]c2cc(C)ccc12)NCC1(c2cccc(F)c2)CCOCC1. The molecule has 3 aromatic rings. The number of aromatic amines is 1. The Kier molecular flexibility index (Phi) is 6.56. The molecule has 164 valence electrons. The molecule has 2 aromatic carbocycles. The molecule has 31 heavy (non-hydrogen) atoms. The van der Waals surface area contributed by atoms with Gasteiger partial charge < -0.3 is 20.4 Å². The first-order valence-electron chi connectivity index (χ1n) is 10.9. The van der Waals surface area contributed by atoms with E-state index in [0.29, 0.717) is 19.8 Å². The molecule has 1 fully saturated rings. The normalized spacial score (nSPS) is 16.4. The molecular weight excluding hydrogens is 391 g/mol. The lowest BCUT2D eigenvalue weighted by atomic mass is 9.74. The molecule has 3 N–H and O–H groups in total. The van der Waals surface area contributed by atoms with E-state index in [9.17, 15) is 4.39 Å². The molecule has 0 bridgehead atoms. The van der Waals surface area contributed by atoms with E-state index in [-0.39, 0.29) is 11.2 Å². The fourth-order valence-electron chi connectivity index (χ4n) is 4.44. The minimum Gasteiger partial charge on any atom is -0.381 e. The van der Waals surface area contributed by atoms with Gasteiger partial charge >= 0.3 is 0 Å². The van der Waals surface area contributed by atoms with Gasteiger partial charge in [0.2, 0.25) is 0 Å². The Morgan fingerprint density at radius 1 is 1.16 bits per heavy atom. The van der Waals surface area contributed by atoms with Crippen LogP contribution in [0.1, 0.15) is 29.5 Å². The fourth-order valence-corrected chi connectivity index (χ4v) is 4.44. The highest BCUT2D eigenvalue weighted by Gasteiger charge is 2.34. The summed E-state index contributed by atoms with van der Waals surface area (Å²) in [5, 5.41) is 8.17. The Labute approximate surface area is 183 Å². The van der Waals surface area contributed by atoms with Crippen LogP contribution < -0.4 is 10.6 Å². The zero-order valence-electron chi connectivity index (χ0n) is 18.3. The van der Waals surface area contributed by atoms with Crippen LogP contribution in [-0.4, -0.2) is 44.3 Å². The maximum Gasteiger partial charge on any atom is 0.191 e. The number of halogens is 1. The second kappa shape index (κ2) is 9.52. The Morgan fingerprint density at radius 3 is 2.77 bits per heavy atom. The van der Waals surface area contributed by atoms with Gasteiger partial charge in [-0.2, -0.15) is 0 Å². The van der Waals surface area contributed by atoms with Crippen LogP contribution in [0.4, 0.5) is 4.39 Å². The molecular formula is C25H31FN4O. The summed E-state index contributed by atoms with van der Waals surface area (Å²) in [5.74, 6) is 0.567. The summed E-state index contributed by atoms with van der Waals surface area (Å²) in [7, 11) is 1.78. The molecule has 0 amide bonds. The highest BCUT2D eigenvalue weighted by Crippen LogP contribution is 2.34. The van der Waals surface area contributed by atoms with Gasteiger partial charge in [-0.15, -0.1) is 0 Å². The topological polar surface area (TPSA) is 61.4 Å². The summed E-state index contributed by atoms with van der Waals surface area (Å²) in [5.41, 5.74) is 4.58. The largest absolute Gasteiger partial charge is 0.381 e. The number of benzene rings is 2. The number of aliphatic imine (C=N–C) groups is 1. The van der Waals surface area contributed by atoms with Crippen molar-refractivity contribution < 1.29 is 9.13 Å². The molecule has 1 aliphatic heterocycles. The van der Waals surface area contributed by atoms with E-state index >= 15 is 0 Å². The Balaban J connectivity index is 1.37. The molecule has 0 atom stereocenters. The summed E-state index contributed by atoms with van der Waals surface area (Å²) < 4.78 is 19.5. The number of fused-ring (bicyclic) bond motifs is 1. The van der Waals surface area contributed by atoms with Crippen molar-refractivity contribution in [1.29, 1.82) is 0 Å². The average molecular weight is 423 g/mol. The van der Waals surface area contributed by atoms with Crippen LogP contribution in [0.2, 0.25) is 0 Å². The summed E-state index contributed by atoms with van der Waals surface area (Å²) in [4.78, 5) is 7.75. The van der Waals surface area contributed by atoms with Crippen molar-refractivity contribution in [3.63, 3.8) is 0 Å². The smallest absolute Gasteiger partial charge is 0.191 e. The van der Waals surface area contributed by atoms with Crippen LogP contribution in [0.3, 0.4) is 0 Å². The molecule has 0 radical (unpaired) electrons. The molecule has 0 spiro atoms. The minimum atomic E-state index is -0.195. The standard InChI is InChI=1S/C25H31FN4O/c1-18-6-7-22-19(16-29-23(22)14-18)8-11-28-24(27-2)30-17-25(9-12-31-13-10-25)20-4-3-5-21(26)15-20/h3-7,14-16,29H,8-13,17H2,1-2H3,(H2,27,28,30). The number of nitrogens with zero attached hydrogens (tertiary/aromatic N) is 1. The van der Waals surface area contributed by atoms with Gasteiger partial charge in [-0.3, -0.25) is 4.99 Å². The van der Waals surface area contributed by atoms with Crippen LogP contribution in [0.25, 0.3) is 10.9 Å². The third-order valence-electron chi connectivity index (χ3n) is 6.31. The van der Waals surface area contributed by atoms with Crippen LogP contribution in [0, 0.1) is 12.7 Å². The number of hydrogen-bond acceptors (Lipinski definition) is 2. The Morgan fingerprint density at radius 2 is 2.00 bits per heavy atom. The van der Waals surface area contributed by atoms with Gasteiger partial charge in [-0.1, -0.05) is 24.3 Å². The maximum atomic E-state index is 13.9. The zero-order chi connectivity index (χ0) is 21.7. The summed E-state index contributed by atoms with van der Waals surface area (Å²) >= 11 is 0. The van der Waals surface area contributed by atoms with E-state index in [1.165, 1.54) is 28.1 Å². The molecule has 0 unspecified atom stereocenters. The number of guanidine groups is 1. The molecule has 1 saturated heterocycles. The van der Waals surface area contributed by atoms with E-state index in [1.807, 2.05) is 6.07 Å². The Bertz CT molecular complexity index is 1050. The van der Waals surface area contributed by atoms with Gasteiger partial charge in [0.05, 0.1) is 0 Å². The quantitative estimate of drug-likeness (QED) is 0.415. The number of rotatable bonds is 6. The van der Waals surface area contributed by atoms with Crippen molar-refractivity contribution in [3.05, 3.63) is 71.2 Å². The van der Waals surface area contributed by atoms with Crippen molar-refractivity contribution in [2.24, 2.45) is 4.99 Å². The lowest BCUT2D eigenvalue weighted by Gasteiger charge is -2.38. The van der Waals surface area contributed by atoms with Crippen LogP contribution in [0.5, 0.6) is 0 Å². The number of aryl methyl sites for hydroxylation is 1. The molecule has 6 heteroatoms. The second-order valence-electron chi connectivity index (χ2n) is 8.37. The van der Waals surface area contributed by atoms with Crippen LogP contribution in [-0.2, 0) is 16.6 Å². The zero-order valence-corrected chi connectivity index (χ0v) is 18.3. The first-order valence-corrected chi connectivity index (χ1v) is 10.9. The first kappa shape index (κ1) is 21.4. The fraction of sp³-hybridized carbons (Fsp3) is 0.400. The molecule has 5 nitrogen and oxygen atoms in total. The average Bonchev–Trinajstić information content (AvgIpc) is 3.18. The van der Waals surface area contributed by atoms with Crippen molar-refractivity contribution >= 4 is 16.9 Å². The molecule has 1 aliphatic rings. The summed E-state index contributed by atoms with van der Waals surface area (Å²) in [6.45, 7) is 4.93. The number of aromatic nitrogens is 1. The van der Waals surface area contributed by atoms with Crippen molar-refractivity contribution in [1.82, 2.24) is 15.6 Å². The lowest BCUT2D eigenvalue weighted by molar-refractivity contribution is 0.0513. The van der Waals surface area contributed by atoms with Gasteiger partial charge in [0.1, 0.15) is 5.82 Å². The first-order chi connectivity index (χ1) is 15.1. The van der Waals surface area contributed by atoms with E-state index in [0.717, 1.165) is 37.3 Å².